The van der Waals surface area contributed by atoms with E-state index in [9.17, 15) is 9.59 Å². The van der Waals surface area contributed by atoms with E-state index >= 15 is 0 Å². The summed E-state index contributed by atoms with van der Waals surface area (Å²) in [6.45, 7) is 3.33. The van der Waals surface area contributed by atoms with Gasteiger partial charge in [-0.05, 0) is 48.9 Å². The van der Waals surface area contributed by atoms with Crippen molar-refractivity contribution in [2.24, 2.45) is 0 Å². The number of carbonyl (C=O) groups is 2. The fourth-order valence-electron chi connectivity index (χ4n) is 2.04. The number of hydrogen-bond donors (Lipinski definition) is 3. The maximum atomic E-state index is 12.0. The SMILES string of the molecule is CC(=O)Nc1ccc(NC(=O)N[C@H](C)c2ccc(Cl)cc2)cc1. The van der Waals surface area contributed by atoms with Crippen LogP contribution in [0.3, 0.4) is 0 Å². The van der Waals surface area contributed by atoms with Crippen molar-refractivity contribution >= 4 is 34.9 Å². The molecule has 5 nitrogen and oxygen atoms in total. The molecule has 0 unspecified atom stereocenters. The van der Waals surface area contributed by atoms with E-state index in [1.165, 1.54) is 6.92 Å². The Labute approximate surface area is 140 Å². The van der Waals surface area contributed by atoms with Crippen molar-refractivity contribution in [3.63, 3.8) is 0 Å². The molecular formula is C17H18ClN3O2. The van der Waals surface area contributed by atoms with Gasteiger partial charge in [-0.25, -0.2) is 4.79 Å². The monoisotopic (exact) mass is 331 g/mol. The lowest BCUT2D eigenvalue weighted by molar-refractivity contribution is -0.114. The predicted molar refractivity (Wildman–Crippen MR) is 92.8 cm³/mol. The van der Waals surface area contributed by atoms with Crippen LogP contribution in [-0.2, 0) is 4.79 Å². The zero-order valence-electron chi connectivity index (χ0n) is 12.9. The van der Waals surface area contributed by atoms with Crippen molar-refractivity contribution in [2.45, 2.75) is 19.9 Å². The van der Waals surface area contributed by atoms with Crippen LogP contribution < -0.4 is 16.0 Å². The van der Waals surface area contributed by atoms with E-state index in [0.717, 1.165) is 5.56 Å². The molecule has 0 aromatic heterocycles. The van der Waals surface area contributed by atoms with Gasteiger partial charge < -0.3 is 16.0 Å². The van der Waals surface area contributed by atoms with Crippen molar-refractivity contribution < 1.29 is 9.59 Å². The molecule has 6 heteroatoms. The van der Waals surface area contributed by atoms with Gasteiger partial charge in [0, 0.05) is 23.3 Å². The molecule has 0 aliphatic heterocycles. The van der Waals surface area contributed by atoms with Gasteiger partial charge in [0.2, 0.25) is 5.91 Å². The number of nitrogens with one attached hydrogen (secondary N) is 3. The van der Waals surface area contributed by atoms with Crippen molar-refractivity contribution in [3.8, 4) is 0 Å². The Balaban J connectivity index is 1.91. The van der Waals surface area contributed by atoms with Crippen LogP contribution in [0.15, 0.2) is 48.5 Å². The molecule has 1 atom stereocenters. The third-order valence-corrected chi connectivity index (χ3v) is 3.43. The number of anilines is 2. The van der Waals surface area contributed by atoms with Gasteiger partial charge in [0.05, 0.1) is 6.04 Å². The highest BCUT2D eigenvalue weighted by molar-refractivity contribution is 6.30. The summed E-state index contributed by atoms with van der Waals surface area (Å²) in [5.41, 5.74) is 2.28. The lowest BCUT2D eigenvalue weighted by Gasteiger charge is -2.15. The van der Waals surface area contributed by atoms with E-state index in [0.29, 0.717) is 16.4 Å². The van der Waals surface area contributed by atoms with Gasteiger partial charge in [-0.2, -0.15) is 0 Å². The molecule has 2 aromatic rings. The first kappa shape index (κ1) is 16.8. The first-order valence-electron chi connectivity index (χ1n) is 7.14. The number of benzene rings is 2. The van der Waals surface area contributed by atoms with Crippen molar-refractivity contribution in [3.05, 3.63) is 59.1 Å². The van der Waals surface area contributed by atoms with Crippen molar-refractivity contribution in [2.75, 3.05) is 10.6 Å². The van der Waals surface area contributed by atoms with Gasteiger partial charge in [-0.3, -0.25) is 4.79 Å². The first-order chi connectivity index (χ1) is 10.9. The van der Waals surface area contributed by atoms with Crippen LogP contribution in [0.25, 0.3) is 0 Å². The molecule has 2 rings (SSSR count). The average molecular weight is 332 g/mol. The number of hydrogen-bond acceptors (Lipinski definition) is 2. The van der Waals surface area contributed by atoms with Gasteiger partial charge in [0.25, 0.3) is 0 Å². The van der Waals surface area contributed by atoms with E-state index < -0.39 is 0 Å². The fraction of sp³-hybridized carbons (Fsp3) is 0.176. The Morgan fingerprint density at radius 1 is 0.913 bits per heavy atom. The lowest BCUT2D eigenvalue weighted by atomic mass is 10.1. The summed E-state index contributed by atoms with van der Waals surface area (Å²) in [4.78, 5) is 23.0. The van der Waals surface area contributed by atoms with Crippen LogP contribution in [0, 0.1) is 0 Å². The maximum absolute atomic E-state index is 12.0. The molecule has 3 N–H and O–H groups in total. The molecule has 0 fully saturated rings. The minimum Gasteiger partial charge on any atom is -0.331 e. The summed E-state index contributed by atoms with van der Waals surface area (Å²) in [6, 6.07) is 13.7. The number of amides is 3. The molecule has 3 amide bonds. The zero-order chi connectivity index (χ0) is 16.8. The number of rotatable bonds is 4. The number of urea groups is 1. The fourth-order valence-corrected chi connectivity index (χ4v) is 2.16. The van der Waals surface area contributed by atoms with Gasteiger partial charge in [-0.15, -0.1) is 0 Å². The summed E-state index contributed by atoms with van der Waals surface area (Å²) in [6.07, 6.45) is 0. The van der Waals surface area contributed by atoms with Gasteiger partial charge in [0.1, 0.15) is 0 Å². The van der Waals surface area contributed by atoms with E-state index in [-0.39, 0.29) is 18.0 Å². The van der Waals surface area contributed by atoms with Crippen LogP contribution in [-0.4, -0.2) is 11.9 Å². The second-order valence-electron chi connectivity index (χ2n) is 5.13. The second-order valence-corrected chi connectivity index (χ2v) is 5.57. The van der Waals surface area contributed by atoms with Gasteiger partial charge in [0.15, 0.2) is 0 Å². The highest BCUT2D eigenvalue weighted by atomic mass is 35.5. The molecule has 23 heavy (non-hydrogen) atoms. The van der Waals surface area contributed by atoms with E-state index in [2.05, 4.69) is 16.0 Å². The van der Waals surface area contributed by atoms with Crippen molar-refractivity contribution in [1.29, 1.82) is 0 Å². The third kappa shape index (κ3) is 5.30. The van der Waals surface area contributed by atoms with Crippen molar-refractivity contribution in [1.82, 2.24) is 5.32 Å². The standard InChI is InChI=1S/C17H18ClN3O2/c1-11(13-3-5-14(18)6-4-13)19-17(23)21-16-9-7-15(8-10-16)20-12(2)22/h3-11H,1-2H3,(H,20,22)(H2,19,21,23)/t11-/m1/s1. The summed E-state index contributed by atoms with van der Waals surface area (Å²) in [5, 5.41) is 8.92. The van der Waals surface area contributed by atoms with Crippen LogP contribution in [0.4, 0.5) is 16.2 Å². The van der Waals surface area contributed by atoms with Crippen LogP contribution in [0.5, 0.6) is 0 Å². The van der Waals surface area contributed by atoms with E-state index in [1.807, 2.05) is 19.1 Å². The zero-order valence-corrected chi connectivity index (χ0v) is 13.6. The summed E-state index contributed by atoms with van der Waals surface area (Å²) in [5.74, 6) is -0.139. The molecule has 0 aliphatic carbocycles. The smallest absolute Gasteiger partial charge is 0.319 e. The Morgan fingerprint density at radius 3 is 1.96 bits per heavy atom. The Bertz CT molecular complexity index is 684. The van der Waals surface area contributed by atoms with Gasteiger partial charge >= 0.3 is 6.03 Å². The molecule has 2 aromatic carbocycles. The topological polar surface area (TPSA) is 70.2 Å². The molecule has 0 saturated heterocycles. The minimum atomic E-state index is -0.306. The molecule has 0 aliphatic rings. The molecule has 0 heterocycles. The summed E-state index contributed by atoms with van der Waals surface area (Å²) >= 11 is 5.85. The molecule has 0 spiro atoms. The Hall–Kier alpha value is -2.53. The quantitative estimate of drug-likeness (QED) is 0.786. The first-order valence-corrected chi connectivity index (χ1v) is 7.52. The number of carbonyl (C=O) groups excluding carboxylic acids is 2. The van der Waals surface area contributed by atoms with E-state index in [4.69, 9.17) is 11.6 Å². The predicted octanol–water partition coefficient (Wildman–Crippen LogP) is 4.18. The summed E-state index contributed by atoms with van der Waals surface area (Å²) in [7, 11) is 0. The highest BCUT2D eigenvalue weighted by Crippen LogP contribution is 2.17. The lowest BCUT2D eigenvalue weighted by Crippen LogP contribution is -2.31. The normalized spacial score (nSPS) is 11.4. The average Bonchev–Trinajstić information content (AvgIpc) is 2.49. The summed E-state index contributed by atoms with van der Waals surface area (Å²) < 4.78 is 0. The highest BCUT2D eigenvalue weighted by Gasteiger charge is 2.09. The Kier molecular flexibility index (Phi) is 5.60. The molecule has 0 saturated carbocycles. The molecular weight excluding hydrogens is 314 g/mol. The maximum Gasteiger partial charge on any atom is 0.319 e. The molecule has 0 radical (unpaired) electrons. The second kappa shape index (κ2) is 7.65. The van der Waals surface area contributed by atoms with Gasteiger partial charge in [-0.1, -0.05) is 23.7 Å². The largest absolute Gasteiger partial charge is 0.331 e. The van der Waals surface area contributed by atoms with Crippen LogP contribution in [0.1, 0.15) is 25.5 Å². The third-order valence-electron chi connectivity index (χ3n) is 3.18. The molecule has 0 bridgehead atoms. The Morgan fingerprint density at radius 2 is 1.43 bits per heavy atom. The van der Waals surface area contributed by atoms with Crippen LogP contribution in [0.2, 0.25) is 5.02 Å². The molecule has 120 valence electrons. The van der Waals surface area contributed by atoms with E-state index in [1.54, 1.807) is 36.4 Å². The number of halogens is 1. The minimum absolute atomic E-state index is 0.139. The van der Waals surface area contributed by atoms with Crippen LogP contribution >= 0.6 is 11.6 Å².